The molecule has 0 saturated heterocycles. The van der Waals surface area contributed by atoms with Gasteiger partial charge in [-0.05, 0) is 50.6 Å². The van der Waals surface area contributed by atoms with E-state index in [1.165, 1.54) is 0 Å². The average Bonchev–Trinajstić information content (AvgIpc) is 3.09. The van der Waals surface area contributed by atoms with Crippen molar-refractivity contribution in [3.8, 4) is 17.6 Å². The van der Waals surface area contributed by atoms with E-state index in [9.17, 15) is 5.26 Å². The van der Waals surface area contributed by atoms with Crippen LogP contribution in [0.25, 0.3) is 16.6 Å². The van der Waals surface area contributed by atoms with Gasteiger partial charge in [0.1, 0.15) is 16.8 Å². The first-order chi connectivity index (χ1) is 15.4. The van der Waals surface area contributed by atoms with Gasteiger partial charge in [-0.2, -0.15) is 10.4 Å². The van der Waals surface area contributed by atoms with E-state index in [4.69, 9.17) is 27.2 Å². The summed E-state index contributed by atoms with van der Waals surface area (Å²) in [6, 6.07) is 18.0. The Morgan fingerprint density at radius 1 is 1.12 bits per heavy atom. The van der Waals surface area contributed by atoms with Gasteiger partial charge < -0.3 is 10.5 Å². The Morgan fingerprint density at radius 3 is 2.59 bits per heavy atom. The molecule has 3 heterocycles. The van der Waals surface area contributed by atoms with Crippen LogP contribution in [-0.2, 0) is 0 Å². The fourth-order valence-electron chi connectivity index (χ4n) is 4.42. The molecule has 0 spiro atoms. The summed E-state index contributed by atoms with van der Waals surface area (Å²) in [7, 11) is 0. The standard InChI is InChI=1S/C25H20ClN5O/c1-13-9-14(2)22-16(10-13)11-18(23(26)29-22)21-19(12-27)24(28)32-25-20(21)15(3)30-31(25)17-7-5-4-6-8-17/h4-11,21H,28H2,1-3H3/t21-/m1/s1. The Morgan fingerprint density at radius 2 is 1.88 bits per heavy atom. The van der Waals surface area contributed by atoms with E-state index >= 15 is 0 Å². The molecule has 0 unspecified atom stereocenters. The quantitative estimate of drug-likeness (QED) is 0.431. The number of allylic oxidation sites excluding steroid dienone is 1. The monoisotopic (exact) mass is 441 g/mol. The van der Waals surface area contributed by atoms with Crippen LogP contribution in [0.15, 0.2) is 60.0 Å². The fourth-order valence-corrected chi connectivity index (χ4v) is 4.67. The van der Waals surface area contributed by atoms with Crippen LogP contribution in [0.5, 0.6) is 5.88 Å². The second kappa shape index (κ2) is 7.40. The maximum atomic E-state index is 9.97. The Labute approximate surface area is 190 Å². The van der Waals surface area contributed by atoms with E-state index in [0.29, 0.717) is 22.2 Å². The van der Waals surface area contributed by atoms with Crippen LogP contribution in [0, 0.1) is 32.1 Å². The van der Waals surface area contributed by atoms with Crippen molar-refractivity contribution < 1.29 is 4.74 Å². The Kier molecular flexibility index (Phi) is 4.65. The third kappa shape index (κ3) is 3.02. The lowest BCUT2D eigenvalue weighted by molar-refractivity contribution is 0.367. The summed E-state index contributed by atoms with van der Waals surface area (Å²) in [5.41, 5.74) is 12.5. The molecule has 7 heteroatoms. The molecule has 0 fully saturated rings. The number of para-hydroxylation sites is 1. The van der Waals surface area contributed by atoms with Crippen molar-refractivity contribution in [2.45, 2.75) is 26.7 Å². The van der Waals surface area contributed by atoms with Crippen LogP contribution in [0.1, 0.15) is 33.9 Å². The van der Waals surface area contributed by atoms with E-state index in [1.807, 2.05) is 57.2 Å². The smallest absolute Gasteiger partial charge is 0.229 e. The summed E-state index contributed by atoms with van der Waals surface area (Å²) in [6.07, 6.45) is 0. The van der Waals surface area contributed by atoms with Gasteiger partial charge in [-0.15, -0.1) is 0 Å². The molecule has 4 aromatic rings. The van der Waals surface area contributed by atoms with Crippen LogP contribution in [-0.4, -0.2) is 14.8 Å². The van der Waals surface area contributed by atoms with E-state index in [2.05, 4.69) is 23.2 Å². The van der Waals surface area contributed by atoms with Crippen LogP contribution in [0.3, 0.4) is 0 Å². The molecule has 6 nitrogen and oxygen atoms in total. The lowest BCUT2D eigenvalue weighted by Gasteiger charge is -2.25. The third-order valence-electron chi connectivity index (χ3n) is 5.78. The summed E-state index contributed by atoms with van der Waals surface area (Å²) < 4.78 is 7.63. The zero-order valence-corrected chi connectivity index (χ0v) is 18.6. The molecule has 0 aliphatic carbocycles. The number of aromatic nitrogens is 3. The van der Waals surface area contributed by atoms with Gasteiger partial charge in [0.25, 0.3) is 0 Å². The van der Waals surface area contributed by atoms with E-state index < -0.39 is 5.92 Å². The number of hydrogen-bond acceptors (Lipinski definition) is 5. The summed E-state index contributed by atoms with van der Waals surface area (Å²) >= 11 is 6.71. The molecule has 0 amide bonds. The molecular formula is C25H20ClN5O. The second-order valence-corrected chi connectivity index (χ2v) is 8.36. The highest BCUT2D eigenvalue weighted by Crippen LogP contribution is 2.46. The predicted octanol–water partition coefficient (Wildman–Crippen LogP) is 5.22. The topological polar surface area (TPSA) is 89.8 Å². The highest BCUT2D eigenvalue weighted by Gasteiger charge is 2.37. The van der Waals surface area contributed by atoms with Crippen molar-refractivity contribution in [3.63, 3.8) is 0 Å². The SMILES string of the molecule is Cc1cc(C)c2nc(Cl)c([C@@H]3C(C#N)=C(N)Oc4c3c(C)nn4-c3ccccc3)cc2c1. The average molecular weight is 442 g/mol. The normalized spacial score (nSPS) is 15.4. The number of aryl methyl sites for hydroxylation is 3. The molecule has 1 aliphatic heterocycles. The maximum Gasteiger partial charge on any atom is 0.229 e. The number of rotatable bonds is 2. The molecule has 2 N–H and O–H groups in total. The lowest BCUT2D eigenvalue weighted by Crippen LogP contribution is -2.22. The van der Waals surface area contributed by atoms with Gasteiger partial charge in [-0.1, -0.05) is 41.4 Å². The zero-order valence-electron chi connectivity index (χ0n) is 17.8. The molecule has 5 rings (SSSR count). The van der Waals surface area contributed by atoms with Crippen molar-refractivity contribution in [2.75, 3.05) is 0 Å². The van der Waals surface area contributed by atoms with Crippen LogP contribution in [0.4, 0.5) is 0 Å². The number of pyridine rings is 1. The van der Waals surface area contributed by atoms with Gasteiger partial charge >= 0.3 is 0 Å². The van der Waals surface area contributed by atoms with Crippen LogP contribution in [0.2, 0.25) is 5.15 Å². The van der Waals surface area contributed by atoms with Crippen molar-refractivity contribution in [2.24, 2.45) is 5.73 Å². The third-order valence-corrected chi connectivity index (χ3v) is 6.08. The minimum absolute atomic E-state index is 0.0404. The summed E-state index contributed by atoms with van der Waals surface area (Å²) in [5.74, 6) is -0.0168. The fraction of sp³-hybridized carbons (Fsp3) is 0.160. The van der Waals surface area contributed by atoms with Gasteiger partial charge in [0.05, 0.1) is 28.4 Å². The number of fused-ring (bicyclic) bond motifs is 2. The Hall–Kier alpha value is -3.82. The molecule has 158 valence electrons. The zero-order chi connectivity index (χ0) is 22.6. The first kappa shape index (κ1) is 20.1. The molecule has 1 atom stereocenters. The minimum atomic E-state index is -0.536. The number of halogens is 1. The minimum Gasteiger partial charge on any atom is -0.422 e. The van der Waals surface area contributed by atoms with Gasteiger partial charge in [-0.25, -0.2) is 9.67 Å². The number of nitrogens with two attached hydrogens (primary N) is 1. The number of nitrogens with zero attached hydrogens (tertiary/aromatic N) is 4. The van der Waals surface area contributed by atoms with Crippen LogP contribution < -0.4 is 10.5 Å². The summed E-state index contributed by atoms with van der Waals surface area (Å²) in [5, 5.41) is 16.0. The largest absolute Gasteiger partial charge is 0.422 e. The first-order valence-corrected chi connectivity index (χ1v) is 10.6. The molecule has 2 aromatic carbocycles. The number of hydrogen-bond donors (Lipinski definition) is 1. The number of ether oxygens (including phenoxy) is 1. The molecule has 2 aromatic heterocycles. The molecule has 0 radical (unpaired) electrons. The highest BCUT2D eigenvalue weighted by molar-refractivity contribution is 6.30. The molecular weight excluding hydrogens is 422 g/mol. The Balaban J connectivity index is 1.79. The maximum absolute atomic E-state index is 9.97. The molecule has 1 aliphatic rings. The lowest BCUT2D eigenvalue weighted by atomic mass is 9.84. The van der Waals surface area contributed by atoms with Gasteiger partial charge in [-0.3, -0.25) is 0 Å². The van der Waals surface area contributed by atoms with Crippen molar-refractivity contribution >= 4 is 22.5 Å². The highest BCUT2D eigenvalue weighted by atomic mass is 35.5. The van der Waals surface area contributed by atoms with Crippen molar-refractivity contribution in [1.29, 1.82) is 5.26 Å². The second-order valence-electron chi connectivity index (χ2n) is 8.00. The molecule has 0 saturated carbocycles. The Bertz CT molecular complexity index is 1460. The van der Waals surface area contributed by atoms with E-state index in [1.54, 1.807) is 4.68 Å². The van der Waals surface area contributed by atoms with Crippen molar-refractivity contribution in [3.05, 3.63) is 93.1 Å². The van der Waals surface area contributed by atoms with Gasteiger partial charge in [0.2, 0.25) is 11.8 Å². The van der Waals surface area contributed by atoms with E-state index in [0.717, 1.165) is 39.0 Å². The van der Waals surface area contributed by atoms with Crippen LogP contribution >= 0.6 is 11.6 Å². The number of nitriles is 1. The van der Waals surface area contributed by atoms with Crippen molar-refractivity contribution in [1.82, 2.24) is 14.8 Å². The summed E-state index contributed by atoms with van der Waals surface area (Å²) in [6.45, 7) is 5.94. The predicted molar refractivity (Wildman–Crippen MR) is 124 cm³/mol. The number of benzene rings is 2. The van der Waals surface area contributed by atoms with Gasteiger partial charge in [0.15, 0.2) is 0 Å². The first-order valence-electron chi connectivity index (χ1n) is 10.2. The molecule has 32 heavy (non-hydrogen) atoms. The van der Waals surface area contributed by atoms with E-state index in [-0.39, 0.29) is 5.88 Å². The summed E-state index contributed by atoms with van der Waals surface area (Å²) in [4.78, 5) is 4.68. The molecule has 0 bridgehead atoms. The van der Waals surface area contributed by atoms with Gasteiger partial charge in [0, 0.05) is 10.9 Å².